The van der Waals surface area contributed by atoms with Gasteiger partial charge in [-0.2, -0.15) is 0 Å². The summed E-state index contributed by atoms with van der Waals surface area (Å²) in [7, 11) is 0. The number of aliphatic hydroxyl groups is 1. The van der Waals surface area contributed by atoms with Gasteiger partial charge in [-0.3, -0.25) is 4.79 Å². The van der Waals surface area contributed by atoms with Crippen molar-refractivity contribution in [1.29, 1.82) is 0 Å². The van der Waals surface area contributed by atoms with Gasteiger partial charge < -0.3 is 10.0 Å². The van der Waals surface area contributed by atoms with Crippen molar-refractivity contribution in [3.63, 3.8) is 0 Å². The Hall–Kier alpha value is -0.870. The molecule has 0 heterocycles. The Morgan fingerprint density at radius 1 is 1.39 bits per heavy atom. The molecule has 0 aliphatic rings. The third-order valence-corrected chi connectivity index (χ3v) is 3.36. The number of halogens is 1. The minimum atomic E-state index is -0.527. The lowest BCUT2D eigenvalue weighted by atomic mass is 10.1. The minimum absolute atomic E-state index is 0.0558. The molecule has 0 saturated carbocycles. The molecule has 4 heteroatoms. The lowest BCUT2D eigenvalue weighted by molar-refractivity contribution is 0.0578. The molecule has 1 aromatic rings. The standard InChI is InChI=1S/C14H20BrNO2/c1-9(2)16(8-11(4)17)14(18)12-6-5-10(3)7-13(12)15/h5-7,9,11,17H,8H2,1-4H3. The molecule has 0 aliphatic heterocycles. The predicted molar refractivity (Wildman–Crippen MR) is 76.7 cm³/mol. The van der Waals surface area contributed by atoms with Crippen molar-refractivity contribution in [3.8, 4) is 0 Å². The summed E-state index contributed by atoms with van der Waals surface area (Å²) in [6, 6.07) is 5.71. The number of amides is 1. The summed E-state index contributed by atoms with van der Waals surface area (Å²) in [6.07, 6.45) is -0.527. The van der Waals surface area contributed by atoms with Crippen molar-refractivity contribution in [1.82, 2.24) is 4.90 Å². The fourth-order valence-corrected chi connectivity index (χ4v) is 2.42. The molecular formula is C14H20BrNO2. The molecule has 0 fully saturated rings. The second kappa shape index (κ2) is 6.34. The Balaban J connectivity index is 3.02. The van der Waals surface area contributed by atoms with Crippen LogP contribution in [0.5, 0.6) is 0 Å². The van der Waals surface area contributed by atoms with Gasteiger partial charge in [-0.15, -0.1) is 0 Å². The van der Waals surface area contributed by atoms with Gasteiger partial charge in [0.1, 0.15) is 0 Å². The molecule has 1 unspecified atom stereocenters. The van der Waals surface area contributed by atoms with Crippen molar-refractivity contribution in [2.75, 3.05) is 6.54 Å². The van der Waals surface area contributed by atoms with E-state index in [4.69, 9.17) is 0 Å². The highest BCUT2D eigenvalue weighted by molar-refractivity contribution is 9.10. The van der Waals surface area contributed by atoms with Gasteiger partial charge >= 0.3 is 0 Å². The summed E-state index contributed by atoms with van der Waals surface area (Å²) in [5, 5.41) is 9.48. The van der Waals surface area contributed by atoms with Crippen LogP contribution in [0.25, 0.3) is 0 Å². The summed E-state index contributed by atoms with van der Waals surface area (Å²) < 4.78 is 0.795. The smallest absolute Gasteiger partial charge is 0.255 e. The van der Waals surface area contributed by atoms with E-state index in [-0.39, 0.29) is 11.9 Å². The number of rotatable bonds is 4. The number of hydrogen-bond acceptors (Lipinski definition) is 2. The number of carbonyl (C=O) groups is 1. The van der Waals surface area contributed by atoms with E-state index in [1.807, 2.05) is 39.0 Å². The van der Waals surface area contributed by atoms with E-state index in [0.29, 0.717) is 12.1 Å². The Kier molecular flexibility index (Phi) is 5.35. The molecule has 1 N–H and O–H groups in total. The molecule has 100 valence electrons. The Labute approximate surface area is 117 Å². The average Bonchev–Trinajstić information content (AvgIpc) is 2.24. The first kappa shape index (κ1) is 15.2. The molecule has 1 atom stereocenters. The van der Waals surface area contributed by atoms with Crippen LogP contribution in [-0.4, -0.2) is 34.6 Å². The average molecular weight is 314 g/mol. The van der Waals surface area contributed by atoms with Gasteiger partial charge in [-0.1, -0.05) is 6.07 Å². The van der Waals surface area contributed by atoms with Crippen LogP contribution >= 0.6 is 15.9 Å². The zero-order valence-electron chi connectivity index (χ0n) is 11.3. The predicted octanol–water partition coefficient (Wildman–Crippen LogP) is 2.99. The van der Waals surface area contributed by atoms with E-state index in [0.717, 1.165) is 10.0 Å². The molecule has 3 nitrogen and oxygen atoms in total. The summed E-state index contributed by atoms with van der Waals surface area (Å²) >= 11 is 3.42. The van der Waals surface area contributed by atoms with Crippen LogP contribution in [0.15, 0.2) is 22.7 Å². The van der Waals surface area contributed by atoms with Gasteiger partial charge in [0.25, 0.3) is 5.91 Å². The van der Waals surface area contributed by atoms with E-state index in [1.54, 1.807) is 11.8 Å². The molecule has 1 aromatic carbocycles. The SMILES string of the molecule is Cc1ccc(C(=O)N(CC(C)O)C(C)C)c(Br)c1. The van der Waals surface area contributed by atoms with Crippen LogP contribution < -0.4 is 0 Å². The highest BCUT2D eigenvalue weighted by Crippen LogP contribution is 2.21. The lowest BCUT2D eigenvalue weighted by Gasteiger charge is -2.28. The lowest BCUT2D eigenvalue weighted by Crippen LogP contribution is -2.41. The van der Waals surface area contributed by atoms with E-state index >= 15 is 0 Å². The summed E-state index contributed by atoms with van der Waals surface area (Å²) in [5.74, 6) is -0.0576. The highest BCUT2D eigenvalue weighted by Gasteiger charge is 2.21. The van der Waals surface area contributed by atoms with E-state index in [1.165, 1.54) is 0 Å². The molecule has 0 bridgehead atoms. The Bertz CT molecular complexity index is 430. The van der Waals surface area contributed by atoms with Gasteiger partial charge in [0.15, 0.2) is 0 Å². The largest absolute Gasteiger partial charge is 0.392 e. The van der Waals surface area contributed by atoms with Gasteiger partial charge in [0, 0.05) is 17.1 Å². The number of aliphatic hydroxyl groups excluding tert-OH is 1. The fourth-order valence-electron chi connectivity index (χ4n) is 1.76. The van der Waals surface area contributed by atoms with Gasteiger partial charge in [0.05, 0.1) is 11.7 Å². The molecule has 0 saturated heterocycles. The maximum Gasteiger partial charge on any atom is 0.255 e. The van der Waals surface area contributed by atoms with Crippen molar-refractivity contribution in [3.05, 3.63) is 33.8 Å². The highest BCUT2D eigenvalue weighted by atomic mass is 79.9. The van der Waals surface area contributed by atoms with Crippen LogP contribution in [0, 0.1) is 6.92 Å². The van der Waals surface area contributed by atoms with E-state index in [9.17, 15) is 9.90 Å². The fraction of sp³-hybridized carbons (Fsp3) is 0.500. The molecule has 1 amide bonds. The second-order valence-corrected chi connectivity index (χ2v) is 5.74. The molecule has 0 aliphatic carbocycles. The molecule has 18 heavy (non-hydrogen) atoms. The first-order chi connectivity index (χ1) is 8.32. The van der Waals surface area contributed by atoms with Crippen molar-refractivity contribution < 1.29 is 9.90 Å². The topological polar surface area (TPSA) is 40.5 Å². The maximum absolute atomic E-state index is 12.4. The van der Waals surface area contributed by atoms with Gasteiger partial charge in [-0.05, 0) is 61.3 Å². The number of carbonyl (C=O) groups excluding carboxylic acids is 1. The molecule has 1 rings (SSSR count). The molecule has 0 aromatic heterocycles. The summed E-state index contributed by atoms with van der Waals surface area (Å²) in [6.45, 7) is 7.91. The molecular weight excluding hydrogens is 294 g/mol. The van der Waals surface area contributed by atoms with Crippen molar-refractivity contribution in [2.24, 2.45) is 0 Å². The van der Waals surface area contributed by atoms with Crippen LogP contribution in [0.3, 0.4) is 0 Å². The van der Waals surface area contributed by atoms with Crippen molar-refractivity contribution >= 4 is 21.8 Å². The maximum atomic E-state index is 12.4. The number of hydrogen-bond donors (Lipinski definition) is 1. The number of aryl methyl sites for hydroxylation is 1. The van der Waals surface area contributed by atoms with Crippen molar-refractivity contribution in [2.45, 2.75) is 39.8 Å². The van der Waals surface area contributed by atoms with Crippen LogP contribution in [0.1, 0.15) is 36.7 Å². The first-order valence-corrected chi connectivity index (χ1v) is 6.87. The van der Waals surface area contributed by atoms with E-state index < -0.39 is 6.10 Å². The Morgan fingerprint density at radius 3 is 2.44 bits per heavy atom. The quantitative estimate of drug-likeness (QED) is 0.928. The Morgan fingerprint density at radius 2 is 2.00 bits per heavy atom. The summed E-state index contributed by atoms with van der Waals surface area (Å²) in [4.78, 5) is 14.1. The number of nitrogens with zero attached hydrogens (tertiary/aromatic N) is 1. The minimum Gasteiger partial charge on any atom is -0.392 e. The summed E-state index contributed by atoms with van der Waals surface area (Å²) in [5.41, 5.74) is 1.74. The van der Waals surface area contributed by atoms with Crippen LogP contribution in [0.2, 0.25) is 0 Å². The number of benzene rings is 1. The van der Waals surface area contributed by atoms with Crippen LogP contribution in [0.4, 0.5) is 0 Å². The second-order valence-electron chi connectivity index (χ2n) is 4.88. The first-order valence-electron chi connectivity index (χ1n) is 6.08. The molecule has 0 spiro atoms. The third kappa shape index (κ3) is 3.82. The molecule has 0 radical (unpaired) electrons. The third-order valence-electron chi connectivity index (χ3n) is 2.70. The van der Waals surface area contributed by atoms with Crippen LogP contribution in [-0.2, 0) is 0 Å². The van der Waals surface area contributed by atoms with Gasteiger partial charge in [0.2, 0.25) is 0 Å². The monoisotopic (exact) mass is 313 g/mol. The normalized spacial score (nSPS) is 12.6. The zero-order chi connectivity index (χ0) is 13.9. The van der Waals surface area contributed by atoms with Gasteiger partial charge in [-0.25, -0.2) is 0 Å². The zero-order valence-corrected chi connectivity index (χ0v) is 12.9. The van der Waals surface area contributed by atoms with E-state index in [2.05, 4.69) is 15.9 Å².